The topological polar surface area (TPSA) is 64.4 Å². The zero-order chi connectivity index (χ0) is 13.0. The molecule has 1 aromatic carbocycles. The van der Waals surface area contributed by atoms with Crippen LogP contribution in [-0.4, -0.2) is 34.5 Å². The van der Waals surface area contributed by atoms with Gasteiger partial charge in [-0.15, -0.1) is 0 Å². The number of hydrogen-bond acceptors (Lipinski definition) is 4. The highest BCUT2D eigenvalue weighted by molar-refractivity contribution is 9.10. The van der Waals surface area contributed by atoms with E-state index in [2.05, 4.69) is 20.9 Å². The molecule has 1 aromatic heterocycles. The molecule has 2 aromatic rings. The van der Waals surface area contributed by atoms with Gasteiger partial charge in [-0.3, -0.25) is 9.36 Å². The summed E-state index contributed by atoms with van der Waals surface area (Å²) in [5.74, 6) is 0. The quantitative estimate of drug-likeness (QED) is 0.842. The van der Waals surface area contributed by atoms with Crippen LogP contribution in [0.3, 0.4) is 0 Å². The lowest BCUT2D eigenvalue weighted by Crippen LogP contribution is -2.23. The van der Waals surface area contributed by atoms with Crippen LogP contribution in [0.2, 0.25) is 0 Å². The standard InChI is InChI=1S/C12H13BrN2O3/c13-9-1-2-10-11(7-9)14-8-15(12(10)17)3-5-18-6-4-16/h1-2,7-8,16H,3-6H2. The van der Waals surface area contributed by atoms with Crippen molar-refractivity contribution in [2.45, 2.75) is 6.54 Å². The first kappa shape index (κ1) is 13.2. The predicted octanol–water partition coefficient (Wildman–Crippen LogP) is 1.17. The average Bonchev–Trinajstić information content (AvgIpc) is 2.37. The van der Waals surface area contributed by atoms with Gasteiger partial charge in [0.2, 0.25) is 0 Å². The Morgan fingerprint density at radius 3 is 3.00 bits per heavy atom. The van der Waals surface area contributed by atoms with E-state index < -0.39 is 0 Å². The molecular weight excluding hydrogens is 300 g/mol. The number of aromatic nitrogens is 2. The number of nitrogens with zero attached hydrogens (tertiary/aromatic N) is 2. The fourth-order valence-corrected chi connectivity index (χ4v) is 1.97. The summed E-state index contributed by atoms with van der Waals surface area (Å²) in [5.41, 5.74) is 0.585. The van der Waals surface area contributed by atoms with Gasteiger partial charge in [-0.25, -0.2) is 4.98 Å². The minimum atomic E-state index is -0.0832. The molecule has 0 radical (unpaired) electrons. The van der Waals surface area contributed by atoms with E-state index in [4.69, 9.17) is 9.84 Å². The van der Waals surface area contributed by atoms with E-state index >= 15 is 0 Å². The maximum atomic E-state index is 12.1. The first-order chi connectivity index (χ1) is 8.72. The maximum Gasteiger partial charge on any atom is 0.261 e. The van der Waals surface area contributed by atoms with E-state index in [0.717, 1.165) is 4.47 Å². The van der Waals surface area contributed by atoms with Crippen LogP contribution in [0.4, 0.5) is 0 Å². The van der Waals surface area contributed by atoms with E-state index in [9.17, 15) is 4.79 Å². The molecule has 5 nitrogen and oxygen atoms in total. The van der Waals surface area contributed by atoms with Crippen LogP contribution in [0.15, 0.2) is 33.8 Å². The van der Waals surface area contributed by atoms with Crippen molar-refractivity contribution >= 4 is 26.8 Å². The molecule has 0 fully saturated rings. The van der Waals surface area contributed by atoms with Gasteiger partial charge < -0.3 is 9.84 Å². The summed E-state index contributed by atoms with van der Waals surface area (Å²) in [4.78, 5) is 16.3. The van der Waals surface area contributed by atoms with Crippen molar-refractivity contribution in [3.05, 3.63) is 39.4 Å². The van der Waals surface area contributed by atoms with E-state index in [1.807, 2.05) is 12.1 Å². The molecule has 0 saturated carbocycles. The Morgan fingerprint density at radius 1 is 1.39 bits per heavy atom. The first-order valence-corrected chi connectivity index (χ1v) is 6.35. The Balaban J connectivity index is 2.23. The number of fused-ring (bicyclic) bond motifs is 1. The largest absolute Gasteiger partial charge is 0.394 e. The second-order valence-corrected chi connectivity index (χ2v) is 4.66. The molecule has 0 aliphatic heterocycles. The Bertz CT molecular complexity index is 597. The van der Waals surface area contributed by atoms with Gasteiger partial charge in [0.1, 0.15) is 0 Å². The molecule has 0 unspecified atom stereocenters. The molecule has 1 heterocycles. The van der Waals surface area contributed by atoms with Gasteiger partial charge in [0.05, 0.1) is 43.6 Å². The molecule has 0 spiro atoms. The van der Waals surface area contributed by atoms with Crippen LogP contribution in [0.25, 0.3) is 10.9 Å². The summed E-state index contributed by atoms with van der Waals surface area (Å²) in [6.07, 6.45) is 1.51. The second kappa shape index (κ2) is 6.08. The molecule has 96 valence electrons. The van der Waals surface area contributed by atoms with Crippen molar-refractivity contribution in [2.75, 3.05) is 19.8 Å². The van der Waals surface area contributed by atoms with Crippen LogP contribution in [0.1, 0.15) is 0 Å². The number of rotatable bonds is 5. The van der Waals surface area contributed by atoms with Gasteiger partial charge in [-0.05, 0) is 18.2 Å². The summed E-state index contributed by atoms with van der Waals surface area (Å²) < 4.78 is 7.53. The van der Waals surface area contributed by atoms with Crippen LogP contribution in [0, 0.1) is 0 Å². The van der Waals surface area contributed by atoms with Crippen molar-refractivity contribution in [1.29, 1.82) is 0 Å². The SMILES string of the molecule is O=c1c2ccc(Br)cc2ncn1CCOCCO. The lowest BCUT2D eigenvalue weighted by molar-refractivity contribution is 0.0865. The first-order valence-electron chi connectivity index (χ1n) is 5.55. The molecule has 6 heteroatoms. The van der Waals surface area contributed by atoms with E-state index in [0.29, 0.717) is 24.1 Å². The Kier molecular flexibility index (Phi) is 4.46. The molecule has 0 saturated heterocycles. The molecule has 0 aliphatic rings. The molecule has 2 rings (SSSR count). The molecule has 0 aliphatic carbocycles. The van der Waals surface area contributed by atoms with Crippen LogP contribution in [-0.2, 0) is 11.3 Å². The second-order valence-electron chi connectivity index (χ2n) is 3.74. The molecular formula is C12H13BrN2O3. The normalized spacial score (nSPS) is 11.0. The van der Waals surface area contributed by atoms with Crippen LogP contribution >= 0.6 is 15.9 Å². The lowest BCUT2D eigenvalue weighted by atomic mass is 10.2. The van der Waals surface area contributed by atoms with Crippen molar-refractivity contribution < 1.29 is 9.84 Å². The van der Waals surface area contributed by atoms with E-state index in [1.54, 1.807) is 6.07 Å². The highest BCUT2D eigenvalue weighted by Gasteiger charge is 2.04. The third-order valence-electron chi connectivity index (χ3n) is 2.50. The smallest absolute Gasteiger partial charge is 0.261 e. The van der Waals surface area contributed by atoms with Gasteiger partial charge in [0.15, 0.2) is 0 Å². The number of aliphatic hydroxyl groups excluding tert-OH is 1. The molecule has 18 heavy (non-hydrogen) atoms. The van der Waals surface area contributed by atoms with Crippen molar-refractivity contribution in [2.24, 2.45) is 0 Å². The predicted molar refractivity (Wildman–Crippen MR) is 71.6 cm³/mol. The van der Waals surface area contributed by atoms with Crippen LogP contribution < -0.4 is 5.56 Å². The number of aliphatic hydroxyl groups is 1. The summed E-state index contributed by atoms with van der Waals surface area (Å²) in [7, 11) is 0. The minimum Gasteiger partial charge on any atom is -0.394 e. The van der Waals surface area contributed by atoms with Crippen molar-refractivity contribution in [3.63, 3.8) is 0 Å². The number of halogens is 1. The van der Waals surface area contributed by atoms with Gasteiger partial charge in [-0.1, -0.05) is 15.9 Å². The van der Waals surface area contributed by atoms with Gasteiger partial charge >= 0.3 is 0 Å². The molecule has 0 amide bonds. The summed E-state index contributed by atoms with van der Waals surface area (Å²) in [6, 6.07) is 5.38. The summed E-state index contributed by atoms with van der Waals surface area (Å²) in [5, 5.41) is 9.16. The van der Waals surface area contributed by atoms with Crippen LogP contribution in [0.5, 0.6) is 0 Å². The fourth-order valence-electron chi connectivity index (χ4n) is 1.62. The zero-order valence-electron chi connectivity index (χ0n) is 9.67. The zero-order valence-corrected chi connectivity index (χ0v) is 11.3. The third-order valence-corrected chi connectivity index (χ3v) is 2.99. The summed E-state index contributed by atoms with van der Waals surface area (Å²) >= 11 is 3.34. The van der Waals surface area contributed by atoms with E-state index in [1.165, 1.54) is 10.9 Å². The van der Waals surface area contributed by atoms with Gasteiger partial charge in [0, 0.05) is 4.47 Å². The lowest BCUT2D eigenvalue weighted by Gasteiger charge is -2.07. The van der Waals surface area contributed by atoms with Gasteiger partial charge in [0.25, 0.3) is 5.56 Å². The summed E-state index contributed by atoms with van der Waals surface area (Å²) in [6.45, 7) is 1.07. The number of benzene rings is 1. The van der Waals surface area contributed by atoms with Crippen molar-refractivity contribution in [3.8, 4) is 0 Å². The number of ether oxygens (including phenoxy) is 1. The maximum absolute atomic E-state index is 12.1. The molecule has 0 bridgehead atoms. The average molecular weight is 313 g/mol. The highest BCUT2D eigenvalue weighted by Crippen LogP contribution is 2.14. The van der Waals surface area contributed by atoms with E-state index in [-0.39, 0.29) is 18.8 Å². The third kappa shape index (κ3) is 2.95. The Labute approximate surface area is 112 Å². The molecule has 1 N–H and O–H groups in total. The highest BCUT2D eigenvalue weighted by atomic mass is 79.9. The number of hydrogen-bond donors (Lipinski definition) is 1. The van der Waals surface area contributed by atoms with Crippen molar-refractivity contribution in [1.82, 2.24) is 9.55 Å². The van der Waals surface area contributed by atoms with Gasteiger partial charge in [-0.2, -0.15) is 0 Å². The monoisotopic (exact) mass is 312 g/mol. The molecule has 0 atom stereocenters. The Hall–Kier alpha value is -1.24. The minimum absolute atomic E-state index is 0.0150. The Morgan fingerprint density at radius 2 is 2.22 bits per heavy atom. The fraction of sp³-hybridized carbons (Fsp3) is 0.333.